The SMILES string of the molecule is CNC(=O)c1ccc(COc2ccc(OS(=O)(=O)F)cc2)cc1. The average Bonchev–Trinajstić information content (AvgIpc) is 2.52. The molecule has 0 radical (unpaired) electrons. The second kappa shape index (κ2) is 7.10. The molecule has 0 saturated carbocycles. The molecule has 8 heteroatoms. The molecular formula is C15H14FNO5S. The fraction of sp³-hybridized carbons (Fsp3) is 0.133. The highest BCUT2D eigenvalue weighted by Crippen LogP contribution is 2.20. The van der Waals surface area contributed by atoms with Gasteiger partial charge in [0.2, 0.25) is 0 Å². The normalized spacial score (nSPS) is 10.9. The second-order valence-corrected chi connectivity index (χ2v) is 5.47. The lowest BCUT2D eigenvalue weighted by atomic mass is 10.1. The molecule has 0 aliphatic carbocycles. The standard InChI is InChI=1S/C15H14FNO5S/c1-17-15(18)12-4-2-11(3-5-12)10-21-13-6-8-14(9-7-13)22-23(16,19)20/h2-9H,10H2,1H3,(H,17,18). The molecule has 6 nitrogen and oxygen atoms in total. The number of amides is 1. The summed E-state index contributed by atoms with van der Waals surface area (Å²) in [5, 5.41) is 2.53. The molecule has 0 bridgehead atoms. The van der Waals surface area contributed by atoms with Gasteiger partial charge in [-0.1, -0.05) is 16.0 Å². The maximum Gasteiger partial charge on any atom is 0.488 e. The molecule has 1 amide bonds. The Morgan fingerprint density at radius 1 is 1.04 bits per heavy atom. The predicted molar refractivity (Wildman–Crippen MR) is 81.3 cm³/mol. The summed E-state index contributed by atoms with van der Waals surface area (Å²) < 4.78 is 42.6. The zero-order valence-corrected chi connectivity index (χ0v) is 13.0. The maximum atomic E-state index is 12.3. The van der Waals surface area contributed by atoms with Gasteiger partial charge in [0.15, 0.2) is 0 Å². The number of halogens is 1. The van der Waals surface area contributed by atoms with Crippen molar-refractivity contribution in [2.45, 2.75) is 6.61 Å². The van der Waals surface area contributed by atoms with Crippen LogP contribution >= 0.6 is 0 Å². The molecule has 2 aromatic carbocycles. The molecule has 0 aromatic heterocycles. The minimum atomic E-state index is -5.03. The summed E-state index contributed by atoms with van der Waals surface area (Å²) in [5.41, 5.74) is 1.40. The summed E-state index contributed by atoms with van der Waals surface area (Å²) in [6.07, 6.45) is 0. The lowest BCUT2D eigenvalue weighted by Crippen LogP contribution is -2.17. The molecule has 2 aromatic rings. The Morgan fingerprint density at radius 2 is 1.61 bits per heavy atom. The number of hydrogen-bond acceptors (Lipinski definition) is 5. The van der Waals surface area contributed by atoms with Gasteiger partial charge in [0.05, 0.1) is 0 Å². The fourth-order valence-electron chi connectivity index (χ4n) is 1.77. The van der Waals surface area contributed by atoms with Crippen molar-refractivity contribution in [3.8, 4) is 11.5 Å². The van der Waals surface area contributed by atoms with Crippen molar-refractivity contribution in [2.24, 2.45) is 0 Å². The van der Waals surface area contributed by atoms with Crippen LogP contribution in [0.2, 0.25) is 0 Å². The molecule has 23 heavy (non-hydrogen) atoms. The molecule has 0 spiro atoms. The number of carbonyl (C=O) groups excluding carboxylic acids is 1. The lowest BCUT2D eigenvalue weighted by Gasteiger charge is -2.08. The first-order valence-electron chi connectivity index (χ1n) is 6.55. The zero-order chi connectivity index (χ0) is 16.9. The van der Waals surface area contributed by atoms with E-state index >= 15 is 0 Å². The van der Waals surface area contributed by atoms with E-state index in [-0.39, 0.29) is 18.3 Å². The van der Waals surface area contributed by atoms with Gasteiger partial charge < -0.3 is 14.2 Å². The van der Waals surface area contributed by atoms with Crippen LogP contribution in [0.15, 0.2) is 48.5 Å². The quantitative estimate of drug-likeness (QED) is 0.816. The molecule has 122 valence electrons. The van der Waals surface area contributed by atoms with Crippen LogP contribution in [0.3, 0.4) is 0 Å². The number of hydrogen-bond donors (Lipinski definition) is 1. The van der Waals surface area contributed by atoms with Crippen LogP contribution < -0.4 is 14.2 Å². The third-order valence-corrected chi connectivity index (χ3v) is 3.26. The van der Waals surface area contributed by atoms with E-state index in [2.05, 4.69) is 9.50 Å². The largest absolute Gasteiger partial charge is 0.489 e. The number of nitrogens with one attached hydrogen (secondary N) is 1. The van der Waals surface area contributed by atoms with Crippen LogP contribution in [-0.2, 0) is 17.1 Å². The third-order valence-electron chi connectivity index (χ3n) is 2.87. The number of ether oxygens (including phenoxy) is 1. The van der Waals surface area contributed by atoms with Crippen LogP contribution in [0.5, 0.6) is 11.5 Å². The second-order valence-electron chi connectivity index (χ2n) is 4.51. The molecule has 0 saturated heterocycles. The Bertz CT molecular complexity index is 773. The molecule has 0 aliphatic rings. The maximum absolute atomic E-state index is 12.3. The summed E-state index contributed by atoms with van der Waals surface area (Å²) in [4.78, 5) is 11.4. The molecule has 0 aliphatic heterocycles. The van der Waals surface area contributed by atoms with Crippen molar-refractivity contribution >= 4 is 16.4 Å². The highest BCUT2D eigenvalue weighted by Gasteiger charge is 2.09. The summed E-state index contributed by atoms with van der Waals surface area (Å²) in [7, 11) is -3.48. The molecule has 0 fully saturated rings. The van der Waals surface area contributed by atoms with Crippen LogP contribution in [0.4, 0.5) is 3.89 Å². The molecule has 1 N–H and O–H groups in total. The van der Waals surface area contributed by atoms with E-state index in [1.165, 1.54) is 24.3 Å². The minimum absolute atomic E-state index is 0.144. The van der Waals surface area contributed by atoms with Gasteiger partial charge in [0.25, 0.3) is 5.91 Å². The Balaban J connectivity index is 1.94. The fourth-order valence-corrected chi connectivity index (χ4v) is 2.11. The summed E-state index contributed by atoms with van der Waals surface area (Å²) in [6, 6.07) is 12.4. The molecule has 0 heterocycles. The first-order chi connectivity index (χ1) is 10.9. The monoisotopic (exact) mass is 339 g/mol. The van der Waals surface area contributed by atoms with Crippen molar-refractivity contribution in [1.82, 2.24) is 5.32 Å². The molecule has 0 atom stereocenters. The molecule has 2 rings (SSSR count). The Morgan fingerprint density at radius 3 is 2.13 bits per heavy atom. The van der Waals surface area contributed by atoms with Gasteiger partial charge in [-0.15, -0.1) is 0 Å². The number of carbonyl (C=O) groups is 1. The van der Waals surface area contributed by atoms with E-state index < -0.39 is 10.5 Å². The average molecular weight is 339 g/mol. The minimum Gasteiger partial charge on any atom is -0.489 e. The predicted octanol–water partition coefficient (Wildman–Crippen LogP) is 2.22. The van der Waals surface area contributed by atoms with Gasteiger partial charge in [-0.2, -0.15) is 8.42 Å². The van der Waals surface area contributed by atoms with Gasteiger partial charge >= 0.3 is 10.5 Å². The van der Waals surface area contributed by atoms with E-state index in [4.69, 9.17) is 4.74 Å². The smallest absolute Gasteiger partial charge is 0.488 e. The van der Waals surface area contributed by atoms with E-state index in [0.29, 0.717) is 11.3 Å². The highest BCUT2D eigenvalue weighted by molar-refractivity contribution is 7.81. The van der Waals surface area contributed by atoms with Crippen LogP contribution in [0.25, 0.3) is 0 Å². The van der Waals surface area contributed by atoms with Crippen LogP contribution in [-0.4, -0.2) is 21.4 Å². The Kier molecular flexibility index (Phi) is 5.17. The molecule has 0 unspecified atom stereocenters. The third kappa shape index (κ3) is 5.26. The number of benzene rings is 2. The van der Waals surface area contributed by atoms with E-state index in [1.54, 1.807) is 31.3 Å². The topological polar surface area (TPSA) is 81.7 Å². The highest BCUT2D eigenvalue weighted by atomic mass is 32.3. The van der Waals surface area contributed by atoms with Gasteiger partial charge in [-0.05, 0) is 42.0 Å². The van der Waals surface area contributed by atoms with Crippen LogP contribution in [0, 0.1) is 0 Å². The van der Waals surface area contributed by atoms with Gasteiger partial charge in [-0.3, -0.25) is 4.79 Å². The van der Waals surface area contributed by atoms with Gasteiger partial charge in [0.1, 0.15) is 18.1 Å². The summed E-state index contributed by atoms with van der Waals surface area (Å²) >= 11 is 0. The first kappa shape index (κ1) is 16.8. The van der Waals surface area contributed by atoms with E-state index in [9.17, 15) is 17.1 Å². The van der Waals surface area contributed by atoms with E-state index in [1.807, 2.05) is 0 Å². The summed E-state index contributed by atoms with van der Waals surface area (Å²) in [5.74, 6) is 0.148. The van der Waals surface area contributed by atoms with Crippen LogP contribution in [0.1, 0.15) is 15.9 Å². The number of rotatable bonds is 6. The summed E-state index contributed by atoms with van der Waals surface area (Å²) in [6.45, 7) is 0.260. The van der Waals surface area contributed by atoms with Crippen molar-refractivity contribution in [2.75, 3.05) is 7.05 Å². The van der Waals surface area contributed by atoms with Crippen molar-refractivity contribution in [3.05, 3.63) is 59.7 Å². The van der Waals surface area contributed by atoms with Crippen molar-refractivity contribution in [1.29, 1.82) is 0 Å². The zero-order valence-electron chi connectivity index (χ0n) is 12.2. The lowest BCUT2D eigenvalue weighted by molar-refractivity contribution is 0.0963. The molecular weight excluding hydrogens is 325 g/mol. The first-order valence-corrected chi connectivity index (χ1v) is 7.86. The van der Waals surface area contributed by atoms with Crippen molar-refractivity contribution < 1.29 is 26.0 Å². The van der Waals surface area contributed by atoms with Gasteiger partial charge in [0, 0.05) is 12.6 Å². The van der Waals surface area contributed by atoms with Crippen molar-refractivity contribution in [3.63, 3.8) is 0 Å². The Labute approximate surface area is 133 Å². The van der Waals surface area contributed by atoms with Gasteiger partial charge in [-0.25, -0.2) is 0 Å². The van der Waals surface area contributed by atoms with E-state index in [0.717, 1.165) is 5.56 Å². The Hall–Kier alpha value is -2.61.